The molecule has 0 bridgehead atoms. The summed E-state index contributed by atoms with van der Waals surface area (Å²) in [7, 11) is -2.46. The van der Waals surface area contributed by atoms with Crippen molar-refractivity contribution in [1.29, 1.82) is 0 Å². The summed E-state index contributed by atoms with van der Waals surface area (Å²) >= 11 is 0. The molecule has 228 valence electrons. The van der Waals surface area contributed by atoms with Gasteiger partial charge in [-0.25, -0.2) is 18.0 Å². The van der Waals surface area contributed by atoms with Crippen LogP contribution in [0.4, 0.5) is 0 Å². The van der Waals surface area contributed by atoms with Gasteiger partial charge in [-0.05, 0) is 99.1 Å². The second kappa shape index (κ2) is 17.7. The average Bonchev–Trinajstić information content (AvgIpc) is 2.86. The molecule has 0 amide bonds. The molecule has 0 unspecified atom stereocenters. The second-order valence-corrected chi connectivity index (χ2v) is 15.0. The van der Waals surface area contributed by atoms with Crippen molar-refractivity contribution >= 4 is 46.4 Å². The van der Waals surface area contributed by atoms with Crippen LogP contribution in [-0.2, 0) is 31.4 Å². The predicted octanol–water partition coefficient (Wildman–Crippen LogP) is 5.60. The van der Waals surface area contributed by atoms with Gasteiger partial charge in [-0.2, -0.15) is 4.40 Å². The van der Waals surface area contributed by atoms with E-state index in [1.165, 1.54) is 0 Å². The summed E-state index contributed by atoms with van der Waals surface area (Å²) in [4.78, 5) is 33.4. The molecular weight excluding hydrogens is 564 g/mol. The number of benzene rings is 2. The highest BCUT2D eigenvalue weighted by molar-refractivity contribution is 7.85. The molecule has 9 nitrogen and oxygen atoms in total. The highest BCUT2D eigenvalue weighted by Crippen LogP contribution is 2.13. The molecule has 11 heteroatoms. The molecule has 0 aromatic heterocycles. The minimum atomic E-state index is -1.28. The molecule has 0 spiro atoms. The van der Waals surface area contributed by atoms with Crippen LogP contribution in [0, 0.1) is 0 Å². The lowest BCUT2D eigenvalue weighted by atomic mass is 10.1. The molecule has 0 aliphatic carbocycles. The van der Waals surface area contributed by atoms with Crippen LogP contribution in [-0.4, -0.2) is 54.6 Å². The van der Waals surface area contributed by atoms with Crippen molar-refractivity contribution in [3.05, 3.63) is 70.8 Å². The molecule has 0 fully saturated rings. The fourth-order valence-corrected chi connectivity index (χ4v) is 2.77. The van der Waals surface area contributed by atoms with Crippen molar-refractivity contribution < 1.29 is 32.3 Å². The quantitative estimate of drug-likeness (QED) is 0.245. The SMILES string of the molecule is CC(C)(C)[S@@](N)=O.CC(C)OC(=O)c1ccc(C=N[S@@](=O)C(C)(C)C)cc1.CC(C)OC(=O)c1ccc(C=O)cc1. The minimum absolute atomic E-state index is 0.131. The van der Waals surface area contributed by atoms with E-state index in [0.717, 1.165) is 11.8 Å². The van der Waals surface area contributed by atoms with E-state index in [-0.39, 0.29) is 33.6 Å². The number of carbonyl (C=O) groups excluding carboxylic acids is 3. The molecule has 0 saturated heterocycles. The van der Waals surface area contributed by atoms with Crippen LogP contribution in [0.2, 0.25) is 0 Å². The predicted molar refractivity (Wildman–Crippen MR) is 167 cm³/mol. The van der Waals surface area contributed by atoms with Gasteiger partial charge in [0.05, 0.1) is 43.8 Å². The Kier molecular flexibility index (Phi) is 16.4. The molecule has 2 N–H and O–H groups in total. The molecule has 2 aromatic rings. The van der Waals surface area contributed by atoms with E-state index >= 15 is 0 Å². The van der Waals surface area contributed by atoms with Gasteiger partial charge >= 0.3 is 11.9 Å². The summed E-state index contributed by atoms with van der Waals surface area (Å²) in [5, 5.41) is 5.04. The van der Waals surface area contributed by atoms with Crippen LogP contribution >= 0.6 is 0 Å². The topological polar surface area (TPSA) is 142 Å². The first kappa shape index (κ1) is 38.0. The van der Waals surface area contributed by atoms with Gasteiger partial charge in [0.25, 0.3) is 0 Å². The van der Waals surface area contributed by atoms with Crippen molar-refractivity contribution in [3.63, 3.8) is 0 Å². The third-order valence-corrected chi connectivity index (χ3v) is 7.09. The number of nitrogens with zero attached hydrogens (tertiary/aromatic N) is 1. The third-order valence-electron chi connectivity index (χ3n) is 4.54. The highest BCUT2D eigenvalue weighted by Gasteiger charge is 2.18. The Morgan fingerprint density at radius 1 is 0.732 bits per heavy atom. The minimum Gasteiger partial charge on any atom is -0.459 e. The van der Waals surface area contributed by atoms with Gasteiger partial charge in [0.1, 0.15) is 17.3 Å². The lowest BCUT2D eigenvalue weighted by molar-refractivity contribution is 0.0367. The zero-order chi connectivity index (χ0) is 32.0. The van der Waals surface area contributed by atoms with Crippen molar-refractivity contribution in [2.45, 2.75) is 90.9 Å². The molecule has 2 aromatic carbocycles. The molecule has 2 atom stereocenters. The van der Waals surface area contributed by atoms with E-state index in [1.54, 1.807) is 82.4 Å². The fraction of sp³-hybridized carbons (Fsp3) is 0.467. The van der Waals surface area contributed by atoms with Gasteiger partial charge in [0.15, 0.2) is 0 Å². The molecule has 0 radical (unpaired) electrons. The van der Waals surface area contributed by atoms with Crippen LogP contribution in [0.25, 0.3) is 0 Å². The largest absolute Gasteiger partial charge is 0.459 e. The number of rotatable bonds is 7. The average molecular weight is 609 g/mol. The lowest BCUT2D eigenvalue weighted by Gasteiger charge is -2.12. The van der Waals surface area contributed by atoms with Gasteiger partial charge in [-0.1, -0.05) is 24.3 Å². The molecule has 41 heavy (non-hydrogen) atoms. The number of carbonyl (C=O) groups is 3. The summed E-state index contributed by atoms with van der Waals surface area (Å²) < 4.78 is 35.6. The maximum Gasteiger partial charge on any atom is 0.338 e. The molecular formula is C30H44N2O7S2. The summed E-state index contributed by atoms with van der Waals surface area (Å²) in [6.45, 7) is 18.3. The van der Waals surface area contributed by atoms with Crippen molar-refractivity contribution in [1.82, 2.24) is 0 Å². The summed E-state index contributed by atoms with van der Waals surface area (Å²) in [5.41, 5.74) is 2.30. The normalized spacial score (nSPS) is 12.9. The van der Waals surface area contributed by atoms with E-state index in [0.29, 0.717) is 16.7 Å². The highest BCUT2D eigenvalue weighted by atomic mass is 32.2. The molecule has 0 heterocycles. The zero-order valence-electron chi connectivity index (χ0n) is 25.6. The van der Waals surface area contributed by atoms with E-state index in [4.69, 9.17) is 14.6 Å². The Bertz CT molecular complexity index is 1190. The number of aldehydes is 1. The Balaban J connectivity index is 0.000000659. The lowest BCUT2D eigenvalue weighted by Crippen LogP contribution is -2.27. The fourth-order valence-electron chi connectivity index (χ4n) is 2.23. The monoisotopic (exact) mass is 608 g/mol. The van der Waals surface area contributed by atoms with Crippen LogP contribution in [0.1, 0.15) is 106 Å². The molecule has 0 aliphatic heterocycles. The van der Waals surface area contributed by atoms with Gasteiger partial charge < -0.3 is 9.47 Å². The number of nitrogens with two attached hydrogens (primary N) is 1. The molecule has 0 saturated carbocycles. The first-order valence-corrected chi connectivity index (χ1v) is 15.3. The van der Waals surface area contributed by atoms with Crippen LogP contribution in [0.15, 0.2) is 52.9 Å². The molecule has 0 aliphatic rings. The van der Waals surface area contributed by atoms with Gasteiger partial charge in [0, 0.05) is 11.8 Å². The summed E-state index contributed by atoms with van der Waals surface area (Å²) in [6, 6.07) is 13.2. The van der Waals surface area contributed by atoms with Gasteiger partial charge in [0.2, 0.25) is 0 Å². The van der Waals surface area contributed by atoms with Crippen LogP contribution in [0.5, 0.6) is 0 Å². The van der Waals surface area contributed by atoms with E-state index in [9.17, 15) is 22.8 Å². The Morgan fingerprint density at radius 3 is 1.34 bits per heavy atom. The van der Waals surface area contributed by atoms with Crippen LogP contribution in [0.3, 0.4) is 0 Å². The Hall–Kier alpha value is -3.02. The standard InChI is InChI=1S/C15H21NO3S.C11H12O3.C4H11NOS/c1-11(2)19-14(17)13-8-6-12(7-9-13)10-16-20(18)15(3,4)5;1-8(2)14-11(13)10-5-3-9(7-12)4-6-10;1-4(2,3)7(5)6/h6-11H,1-5H3;3-8H,1-2H3;5H2,1-3H3/t20-;;7-/m0.0/s1. The third kappa shape index (κ3) is 16.7. The summed E-state index contributed by atoms with van der Waals surface area (Å²) in [5.74, 6) is -0.709. The zero-order valence-corrected chi connectivity index (χ0v) is 27.3. The Labute approximate surface area is 249 Å². The van der Waals surface area contributed by atoms with Crippen molar-refractivity contribution in [2.75, 3.05) is 0 Å². The number of ether oxygens (including phenoxy) is 2. The van der Waals surface area contributed by atoms with Gasteiger partial charge in [-0.15, -0.1) is 0 Å². The maximum absolute atomic E-state index is 11.8. The van der Waals surface area contributed by atoms with E-state index in [1.807, 2.05) is 41.5 Å². The molecule has 2 rings (SSSR count). The van der Waals surface area contributed by atoms with E-state index in [2.05, 4.69) is 4.40 Å². The van der Waals surface area contributed by atoms with Crippen molar-refractivity contribution in [2.24, 2.45) is 9.54 Å². The summed E-state index contributed by atoms with van der Waals surface area (Å²) in [6.07, 6.45) is 2.02. The smallest absolute Gasteiger partial charge is 0.338 e. The van der Waals surface area contributed by atoms with Crippen LogP contribution < -0.4 is 5.14 Å². The number of esters is 2. The number of hydrogen-bond donors (Lipinski definition) is 1. The van der Waals surface area contributed by atoms with E-state index < -0.39 is 22.0 Å². The second-order valence-electron chi connectivity index (χ2n) is 11.3. The first-order valence-electron chi connectivity index (χ1n) is 13.0. The maximum atomic E-state index is 11.8. The Morgan fingerprint density at radius 2 is 1.07 bits per heavy atom. The van der Waals surface area contributed by atoms with Gasteiger partial charge in [-0.3, -0.25) is 9.93 Å². The number of hydrogen-bond acceptors (Lipinski definition) is 7. The first-order chi connectivity index (χ1) is 18.8. The van der Waals surface area contributed by atoms with Crippen molar-refractivity contribution in [3.8, 4) is 0 Å².